The lowest BCUT2D eigenvalue weighted by atomic mass is 10.2. The molecule has 0 amide bonds. The molecular formula is C17H21N3O3S2. The summed E-state index contributed by atoms with van der Waals surface area (Å²) in [6.07, 6.45) is 1.53. The third-order valence-electron chi connectivity index (χ3n) is 3.63. The van der Waals surface area contributed by atoms with Gasteiger partial charge in [0.05, 0.1) is 17.5 Å². The van der Waals surface area contributed by atoms with Crippen LogP contribution in [0.2, 0.25) is 0 Å². The Labute approximate surface area is 155 Å². The summed E-state index contributed by atoms with van der Waals surface area (Å²) >= 11 is 6.19. The van der Waals surface area contributed by atoms with Crippen LogP contribution in [0, 0.1) is 3.95 Å². The first kappa shape index (κ1) is 19.3. The third kappa shape index (κ3) is 5.77. The van der Waals surface area contributed by atoms with E-state index in [1.54, 1.807) is 24.3 Å². The van der Waals surface area contributed by atoms with Crippen molar-refractivity contribution in [2.24, 2.45) is 4.99 Å². The molecule has 134 valence electrons. The van der Waals surface area contributed by atoms with Crippen LogP contribution in [0.15, 0.2) is 29.3 Å². The van der Waals surface area contributed by atoms with E-state index in [0.29, 0.717) is 26.7 Å². The van der Waals surface area contributed by atoms with Crippen LogP contribution in [0.5, 0.6) is 5.88 Å². The Bertz CT molecular complexity index is 777. The zero-order valence-corrected chi connectivity index (χ0v) is 15.8. The smallest absolute Gasteiger partial charge is 0.338 e. The highest BCUT2D eigenvalue weighted by atomic mass is 32.1. The lowest BCUT2D eigenvalue weighted by Crippen LogP contribution is -2.27. The number of esters is 1. The minimum absolute atomic E-state index is 0.00662. The Morgan fingerprint density at radius 3 is 2.60 bits per heavy atom. The maximum absolute atomic E-state index is 12.0. The van der Waals surface area contributed by atoms with Gasteiger partial charge in [0, 0.05) is 6.54 Å². The van der Waals surface area contributed by atoms with Gasteiger partial charge < -0.3 is 19.7 Å². The number of hydrogen-bond donors (Lipinski definition) is 2. The number of rotatable bonds is 8. The van der Waals surface area contributed by atoms with E-state index in [0.717, 1.165) is 19.6 Å². The largest absolute Gasteiger partial charge is 0.494 e. The van der Waals surface area contributed by atoms with Crippen LogP contribution in [0.3, 0.4) is 0 Å². The molecule has 0 fully saturated rings. The Balaban J connectivity index is 1.91. The highest BCUT2D eigenvalue weighted by Crippen LogP contribution is 2.20. The number of hydrogen-bond acceptors (Lipinski definition) is 7. The predicted molar refractivity (Wildman–Crippen MR) is 103 cm³/mol. The van der Waals surface area contributed by atoms with E-state index in [-0.39, 0.29) is 11.8 Å². The number of carbonyl (C=O) groups excluding carboxylic acids is 1. The molecule has 0 bridgehead atoms. The molecule has 1 aromatic heterocycles. The van der Waals surface area contributed by atoms with Crippen LogP contribution >= 0.6 is 23.6 Å². The number of H-pyrrole nitrogens is 1. The molecule has 2 aromatic rings. The molecule has 8 heteroatoms. The monoisotopic (exact) mass is 379 g/mol. The number of carbonyl (C=O) groups is 1. The Hall–Kier alpha value is -2.03. The summed E-state index contributed by atoms with van der Waals surface area (Å²) in [4.78, 5) is 21.7. The molecule has 0 spiro atoms. The number of aliphatic imine (C=N–C) groups is 1. The Morgan fingerprint density at radius 1 is 1.36 bits per heavy atom. The lowest BCUT2D eigenvalue weighted by molar-refractivity contribution is 0.0466. The molecule has 0 radical (unpaired) electrons. The topological polar surface area (TPSA) is 77.9 Å². The lowest BCUT2D eigenvalue weighted by Gasteiger charge is -2.17. The second-order valence-electron chi connectivity index (χ2n) is 5.20. The van der Waals surface area contributed by atoms with Crippen molar-refractivity contribution in [3.05, 3.63) is 38.7 Å². The van der Waals surface area contributed by atoms with Crippen molar-refractivity contribution in [2.75, 3.05) is 26.2 Å². The molecule has 0 unspecified atom stereocenters. The summed E-state index contributed by atoms with van der Waals surface area (Å²) in [7, 11) is 0. The van der Waals surface area contributed by atoms with E-state index in [9.17, 15) is 9.90 Å². The van der Waals surface area contributed by atoms with Crippen molar-refractivity contribution in [1.82, 2.24) is 9.88 Å². The Kier molecular flexibility index (Phi) is 7.30. The van der Waals surface area contributed by atoms with Gasteiger partial charge in [0.25, 0.3) is 0 Å². The van der Waals surface area contributed by atoms with Crippen LogP contribution in [0.4, 0.5) is 5.69 Å². The van der Waals surface area contributed by atoms with Gasteiger partial charge in [-0.25, -0.2) is 4.79 Å². The van der Waals surface area contributed by atoms with Crippen LogP contribution in [-0.4, -0.2) is 53.4 Å². The molecule has 2 rings (SSSR count). The summed E-state index contributed by atoms with van der Waals surface area (Å²) in [5.74, 6) is -0.337. The predicted octanol–water partition coefficient (Wildman–Crippen LogP) is 3.76. The second kappa shape index (κ2) is 9.45. The number of nitrogens with one attached hydrogen (secondary N) is 1. The first-order valence-electron chi connectivity index (χ1n) is 7.99. The number of ether oxygens (including phenoxy) is 1. The second-order valence-corrected chi connectivity index (χ2v) is 6.91. The molecule has 0 atom stereocenters. The van der Waals surface area contributed by atoms with E-state index >= 15 is 0 Å². The summed E-state index contributed by atoms with van der Waals surface area (Å²) in [6, 6.07) is 6.79. The molecule has 0 aliphatic carbocycles. The van der Waals surface area contributed by atoms with Gasteiger partial charge in [-0.15, -0.1) is 0 Å². The average molecular weight is 380 g/mol. The molecule has 0 saturated heterocycles. The Morgan fingerprint density at radius 2 is 2.04 bits per heavy atom. The summed E-state index contributed by atoms with van der Waals surface area (Å²) in [5.41, 5.74) is 1.15. The standard InChI is InChI=1S/C17H21N3O3S2/c1-3-20(4-2)9-10-23-16(22)12-5-7-13(8-6-12)18-11-14-15(21)19-17(24)25-14/h5-8,11,21H,3-4,9-10H2,1-2H3,(H,19,24). The third-order valence-corrected chi connectivity index (χ3v) is 4.78. The maximum Gasteiger partial charge on any atom is 0.338 e. The quantitative estimate of drug-likeness (QED) is 0.415. The zero-order valence-electron chi connectivity index (χ0n) is 14.2. The van der Waals surface area contributed by atoms with Gasteiger partial charge in [0.15, 0.2) is 3.95 Å². The molecule has 6 nitrogen and oxygen atoms in total. The minimum Gasteiger partial charge on any atom is -0.494 e. The highest BCUT2D eigenvalue weighted by Gasteiger charge is 2.08. The van der Waals surface area contributed by atoms with Crippen molar-refractivity contribution in [3.63, 3.8) is 0 Å². The molecule has 1 heterocycles. The van der Waals surface area contributed by atoms with E-state index in [1.165, 1.54) is 17.6 Å². The van der Waals surface area contributed by atoms with Crippen LogP contribution < -0.4 is 0 Å². The van der Waals surface area contributed by atoms with E-state index in [1.807, 2.05) is 0 Å². The van der Waals surface area contributed by atoms with Crippen molar-refractivity contribution in [2.45, 2.75) is 13.8 Å². The van der Waals surface area contributed by atoms with Gasteiger partial charge in [-0.2, -0.15) is 0 Å². The molecule has 0 saturated carbocycles. The number of aromatic hydroxyl groups is 1. The molecule has 0 aliphatic heterocycles. The molecular weight excluding hydrogens is 358 g/mol. The first-order valence-corrected chi connectivity index (χ1v) is 9.21. The molecule has 25 heavy (non-hydrogen) atoms. The molecule has 0 aliphatic rings. The van der Waals surface area contributed by atoms with E-state index in [2.05, 4.69) is 28.7 Å². The molecule has 1 aromatic carbocycles. The maximum atomic E-state index is 12.0. The SMILES string of the molecule is CCN(CC)CCOC(=O)c1ccc(N=Cc2sc(=S)[nH]c2O)cc1. The van der Waals surface area contributed by atoms with Crippen molar-refractivity contribution in [3.8, 4) is 5.88 Å². The summed E-state index contributed by atoms with van der Waals surface area (Å²) < 4.78 is 5.77. The number of benzene rings is 1. The number of nitrogens with zero attached hydrogens (tertiary/aromatic N) is 2. The normalized spacial score (nSPS) is 11.3. The molecule has 2 N–H and O–H groups in total. The van der Waals surface area contributed by atoms with Crippen LogP contribution in [-0.2, 0) is 4.74 Å². The van der Waals surface area contributed by atoms with E-state index < -0.39 is 0 Å². The van der Waals surface area contributed by atoms with Crippen molar-refractivity contribution >= 4 is 41.4 Å². The van der Waals surface area contributed by atoms with Gasteiger partial charge >= 0.3 is 5.97 Å². The van der Waals surface area contributed by atoms with Gasteiger partial charge in [0.2, 0.25) is 5.88 Å². The van der Waals surface area contributed by atoms with Gasteiger partial charge in [0.1, 0.15) is 11.5 Å². The fourth-order valence-corrected chi connectivity index (χ4v) is 3.09. The zero-order chi connectivity index (χ0) is 18.2. The fraction of sp³-hybridized carbons (Fsp3) is 0.353. The highest BCUT2D eigenvalue weighted by molar-refractivity contribution is 7.73. The average Bonchev–Trinajstić information content (AvgIpc) is 2.94. The number of aromatic amines is 1. The van der Waals surface area contributed by atoms with Crippen molar-refractivity contribution in [1.29, 1.82) is 0 Å². The van der Waals surface area contributed by atoms with Crippen LogP contribution in [0.25, 0.3) is 0 Å². The van der Waals surface area contributed by atoms with E-state index in [4.69, 9.17) is 17.0 Å². The van der Waals surface area contributed by atoms with Gasteiger partial charge in [-0.3, -0.25) is 4.99 Å². The number of thiazole rings is 1. The fourth-order valence-electron chi connectivity index (χ4n) is 2.13. The van der Waals surface area contributed by atoms with Crippen LogP contribution in [0.1, 0.15) is 29.1 Å². The summed E-state index contributed by atoms with van der Waals surface area (Å²) in [6.45, 7) is 7.13. The number of aromatic nitrogens is 1. The number of likely N-dealkylation sites (N-methyl/N-ethyl adjacent to an activating group) is 1. The minimum atomic E-state index is -0.344. The first-order chi connectivity index (χ1) is 12.0. The van der Waals surface area contributed by atoms with Crippen molar-refractivity contribution < 1.29 is 14.6 Å². The van der Waals surface area contributed by atoms with Gasteiger partial charge in [-0.1, -0.05) is 25.2 Å². The summed E-state index contributed by atoms with van der Waals surface area (Å²) in [5, 5.41) is 9.62. The van der Waals surface area contributed by atoms with Gasteiger partial charge in [-0.05, 0) is 49.6 Å².